The van der Waals surface area contributed by atoms with Crippen LogP contribution in [0.3, 0.4) is 0 Å². The van der Waals surface area contributed by atoms with Crippen molar-refractivity contribution in [1.82, 2.24) is 0 Å². The maximum atomic E-state index is 13.1. The maximum absolute atomic E-state index is 13.1. The number of aliphatic hydroxyl groups excluding tert-OH is 1. The lowest BCUT2D eigenvalue weighted by molar-refractivity contribution is 0.196. The van der Waals surface area contributed by atoms with E-state index < -0.39 is 5.41 Å². The van der Waals surface area contributed by atoms with Gasteiger partial charge in [-0.2, -0.15) is 0 Å². The zero-order valence-electron chi connectivity index (χ0n) is 11.3. The van der Waals surface area contributed by atoms with E-state index in [1.165, 1.54) is 12.1 Å². The highest BCUT2D eigenvalue weighted by Gasteiger charge is 2.30. The molecule has 0 heterocycles. The van der Waals surface area contributed by atoms with Gasteiger partial charge in [-0.25, -0.2) is 4.39 Å². The topological polar surface area (TPSA) is 46.2 Å². The van der Waals surface area contributed by atoms with E-state index in [1.54, 1.807) is 24.3 Å². The van der Waals surface area contributed by atoms with Crippen LogP contribution in [-0.2, 0) is 11.8 Å². The van der Waals surface area contributed by atoms with Crippen LogP contribution in [0.2, 0.25) is 10.0 Å². The summed E-state index contributed by atoms with van der Waals surface area (Å²) in [6.45, 7) is 0.0881. The van der Waals surface area contributed by atoms with E-state index in [0.29, 0.717) is 16.5 Å². The smallest absolute Gasteiger partial charge is 0.123 e. The Bertz CT molecular complexity index is 612. The fourth-order valence-corrected chi connectivity index (χ4v) is 2.67. The van der Waals surface area contributed by atoms with E-state index in [0.717, 1.165) is 11.1 Å². The molecule has 0 aliphatic heterocycles. The van der Waals surface area contributed by atoms with E-state index in [2.05, 4.69) is 0 Å². The second-order valence-electron chi connectivity index (χ2n) is 5.07. The van der Waals surface area contributed by atoms with Crippen LogP contribution >= 0.6 is 23.2 Å². The van der Waals surface area contributed by atoms with Gasteiger partial charge in [-0.15, -0.1) is 0 Å². The summed E-state index contributed by atoms with van der Waals surface area (Å²) in [4.78, 5) is 0. The molecule has 1 atom stereocenters. The number of hydrogen-bond donors (Lipinski definition) is 2. The van der Waals surface area contributed by atoms with Gasteiger partial charge in [-0.05, 0) is 41.8 Å². The minimum Gasteiger partial charge on any atom is -0.395 e. The van der Waals surface area contributed by atoms with Crippen LogP contribution in [0.5, 0.6) is 0 Å². The molecule has 0 saturated heterocycles. The van der Waals surface area contributed by atoms with E-state index >= 15 is 0 Å². The number of nitrogens with two attached hydrogens (primary N) is 1. The summed E-state index contributed by atoms with van der Waals surface area (Å²) >= 11 is 11.9. The van der Waals surface area contributed by atoms with Crippen molar-refractivity contribution in [2.75, 3.05) is 13.2 Å². The quantitative estimate of drug-likeness (QED) is 0.881. The van der Waals surface area contributed by atoms with Gasteiger partial charge in [0.15, 0.2) is 0 Å². The molecule has 2 aromatic rings. The lowest BCUT2D eigenvalue weighted by Crippen LogP contribution is -2.41. The van der Waals surface area contributed by atoms with Crippen LogP contribution in [0, 0.1) is 5.82 Å². The van der Waals surface area contributed by atoms with Gasteiger partial charge >= 0.3 is 0 Å². The van der Waals surface area contributed by atoms with Crippen molar-refractivity contribution in [3.05, 3.63) is 69.5 Å². The first-order valence-corrected chi connectivity index (χ1v) is 7.27. The predicted octanol–water partition coefficient (Wildman–Crippen LogP) is 3.56. The van der Waals surface area contributed by atoms with E-state index in [9.17, 15) is 9.50 Å². The van der Waals surface area contributed by atoms with Crippen molar-refractivity contribution >= 4 is 23.2 Å². The molecule has 0 radical (unpaired) electrons. The van der Waals surface area contributed by atoms with Gasteiger partial charge in [-0.3, -0.25) is 0 Å². The largest absolute Gasteiger partial charge is 0.395 e. The third kappa shape index (κ3) is 3.55. The summed E-state index contributed by atoms with van der Waals surface area (Å²) in [5.41, 5.74) is 6.92. The fourth-order valence-electron chi connectivity index (χ4n) is 2.35. The van der Waals surface area contributed by atoms with Gasteiger partial charge in [-0.1, -0.05) is 41.4 Å². The van der Waals surface area contributed by atoms with E-state index in [-0.39, 0.29) is 19.0 Å². The maximum Gasteiger partial charge on any atom is 0.123 e. The molecule has 0 aliphatic rings. The first-order valence-electron chi connectivity index (χ1n) is 6.52. The van der Waals surface area contributed by atoms with Crippen LogP contribution in [0.4, 0.5) is 4.39 Å². The summed E-state index contributed by atoms with van der Waals surface area (Å²) in [7, 11) is 0. The van der Waals surface area contributed by atoms with Crippen LogP contribution in [0.25, 0.3) is 0 Å². The molecule has 2 nitrogen and oxygen atoms in total. The average molecular weight is 328 g/mol. The van der Waals surface area contributed by atoms with Gasteiger partial charge in [0.2, 0.25) is 0 Å². The van der Waals surface area contributed by atoms with Crippen molar-refractivity contribution in [3.8, 4) is 0 Å². The standard InChI is InChI=1S/C16H16Cl2FNO/c17-14-6-1-11(7-15(14)18)8-16(9-20,10-21)12-2-4-13(19)5-3-12/h1-7,21H,8-10,20H2. The normalized spacial score (nSPS) is 14.0. The van der Waals surface area contributed by atoms with Gasteiger partial charge in [0.25, 0.3) is 0 Å². The third-order valence-corrected chi connectivity index (χ3v) is 4.42. The molecule has 0 spiro atoms. The lowest BCUT2D eigenvalue weighted by Gasteiger charge is -2.31. The van der Waals surface area contributed by atoms with Crippen molar-refractivity contribution < 1.29 is 9.50 Å². The molecule has 0 fully saturated rings. The highest BCUT2D eigenvalue weighted by Crippen LogP contribution is 2.30. The average Bonchev–Trinajstić information content (AvgIpc) is 2.49. The van der Waals surface area contributed by atoms with Crippen molar-refractivity contribution in [1.29, 1.82) is 0 Å². The molecule has 0 aliphatic carbocycles. The van der Waals surface area contributed by atoms with Gasteiger partial charge in [0, 0.05) is 12.0 Å². The number of benzene rings is 2. The van der Waals surface area contributed by atoms with Crippen LogP contribution in [-0.4, -0.2) is 18.3 Å². The zero-order valence-corrected chi connectivity index (χ0v) is 12.8. The van der Waals surface area contributed by atoms with Crippen molar-refractivity contribution in [2.45, 2.75) is 11.8 Å². The molecule has 21 heavy (non-hydrogen) atoms. The van der Waals surface area contributed by atoms with Gasteiger partial charge in [0.1, 0.15) is 5.82 Å². The summed E-state index contributed by atoms with van der Waals surface area (Å²) in [6.07, 6.45) is 0.489. The number of halogens is 3. The van der Waals surface area contributed by atoms with Crippen LogP contribution in [0.15, 0.2) is 42.5 Å². The Kier molecular flexibility index (Phi) is 5.22. The highest BCUT2D eigenvalue weighted by atomic mass is 35.5. The fraction of sp³-hybridized carbons (Fsp3) is 0.250. The van der Waals surface area contributed by atoms with Crippen LogP contribution < -0.4 is 5.73 Å². The molecule has 2 aromatic carbocycles. The monoisotopic (exact) mass is 327 g/mol. The van der Waals surface area contributed by atoms with E-state index in [4.69, 9.17) is 28.9 Å². The molecule has 112 valence electrons. The summed E-state index contributed by atoms with van der Waals surface area (Å²) in [6, 6.07) is 11.3. The molecule has 2 rings (SSSR count). The highest BCUT2D eigenvalue weighted by molar-refractivity contribution is 6.42. The Hall–Kier alpha value is -1.13. The van der Waals surface area contributed by atoms with Crippen molar-refractivity contribution in [2.24, 2.45) is 5.73 Å². The number of aliphatic hydroxyl groups is 1. The summed E-state index contributed by atoms with van der Waals surface area (Å²) in [5, 5.41) is 10.8. The Morgan fingerprint density at radius 1 is 1.05 bits per heavy atom. The summed E-state index contributed by atoms with van der Waals surface area (Å²) < 4.78 is 13.1. The molecule has 0 bridgehead atoms. The predicted molar refractivity (Wildman–Crippen MR) is 84.4 cm³/mol. The molecule has 5 heteroatoms. The minimum atomic E-state index is -0.676. The van der Waals surface area contributed by atoms with Crippen molar-refractivity contribution in [3.63, 3.8) is 0 Å². The molecular weight excluding hydrogens is 312 g/mol. The zero-order chi connectivity index (χ0) is 15.5. The Balaban J connectivity index is 2.37. The molecule has 3 N–H and O–H groups in total. The molecular formula is C16H16Cl2FNO. The summed E-state index contributed by atoms with van der Waals surface area (Å²) in [5.74, 6) is -0.322. The van der Waals surface area contributed by atoms with Crippen LogP contribution in [0.1, 0.15) is 11.1 Å². The van der Waals surface area contributed by atoms with Gasteiger partial charge < -0.3 is 10.8 Å². The first kappa shape index (κ1) is 16.2. The van der Waals surface area contributed by atoms with E-state index in [1.807, 2.05) is 6.07 Å². The first-order chi connectivity index (χ1) is 10.0. The minimum absolute atomic E-state index is 0.143. The lowest BCUT2D eigenvalue weighted by atomic mass is 9.76. The Morgan fingerprint density at radius 3 is 2.24 bits per heavy atom. The van der Waals surface area contributed by atoms with Gasteiger partial charge in [0.05, 0.1) is 16.7 Å². The second kappa shape index (κ2) is 6.75. The SMILES string of the molecule is NCC(CO)(Cc1ccc(Cl)c(Cl)c1)c1ccc(F)cc1. The second-order valence-corrected chi connectivity index (χ2v) is 5.89. The molecule has 1 unspecified atom stereocenters. The number of hydrogen-bond acceptors (Lipinski definition) is 2. The number of rotatable bonds is 5. The third-order valence-electron chi connectivity index (χ3n) is 3.68. The molecule has 0 saturated carbocycles. The Labute approximate surface area is 133 Å². The molecule has 0 amide bonds. The molecule has 0 aromatic heterocycles. The Morgan fingerprint density at radius 2 is 1.71 bits per heavy atom.